The highest BCUT2D eigenvalue weighted by molar-refractivity contribution is 5.69. The predicted octanol–water partition coefficient (Wildman–Crippen LogP) is 7.46. The summed E-state index contributed by atoms with van der Waals surface area (Å²) in [5, 5.41) is 9.34. The van der Waals surface area contributed by atoms with Crippen LogP contribution >= 0.6 is 0 Å². The summed E-state index contributed by atoms with van der Waals surface area (Å²) in [6.07, 6.45) is 17.0. The molecule has 0 aromatic heterocycles. The lowest BCUT2D eigenvalue weighted by molar-refractivity contribution is -0.142. The molecule has 0 aromatic rings. The van der Waals surface area contributed by atoms with Crippen LogP contribution in [0.4, 0.5) is 0 Å². The molecule has 1 N–H and O–H groups in total. The van der Waals surface area contributed by atoms with Crippen molar-refractivity contribution in [1.29, 1.82) is 0 Å². The zero-order valence-electron chi connectivity index (χ0n) is 17.0. The molecule has 0 radical (unpaired) electrons. The van der Waals surface area contributed by atoms with Crippen molar-refractivity contribution in [2.24, 2.45) is 17.8 Å². The van der Waals surface area contributed by atoms with E-state index in [0.29, 0.717) is 0 Å². The Kier molecular flexibility index (Phi) is 15.6. The third-order valence-electron chi connectivity index (χ3n) is 5.02. The summed E-state index contributed by atoms with van der Waals surface area (Å²) in [6, 6.07) is 0. The lowest BCUT2D eigenvalue weighted by Crippen LogP contribution is -2.13. The lowest BCUT2D eigenvalue weighted by atomic mass is 9.93. The van der Waals surface area contributed by atoms with E-state index < -0.39 is 5.97 Å². The molecule has 0 bridgehead atoms. The molecule has 0 spiro atoms. The molecule has 1 unspecified atom stereocenters. The summed E-state index contributed by atoms with van der Waals surface area (Å²) < 4.78 is 0. The van der Waals surface area contributed by atoms with Gasteiger partial charge < -0.3 is 5.11 Å². The molecule has 24 heavy (non-hydrogen) atoms. The van der Waals surface area contributed by atoms with E-state index in [1.165, 1.54) is 64.2 Å². The number of unbranched alkanes of at least 4 members (excludes halogenated alkanes) is 8. The van der Waals surface area contributed by atoms with Crippen LogP contribution in [0.1, 0.15) is 118 Å². The van der Waals surface area contributed by atoms with Crippen LogP contribution in [0.2, 0.25) is 0 Å². The molecule has 0 amide bonds. The van der Waals surface area contributed by atoms with E-state index in [2.05, 4.69) is 27.7 Å². The van der Waals surface area contributed by atoms with Crippen LogP contribution in [0.25, 0.3) is 0 Å². The number of carboxylic acids is 1. The molecule has 1 atom stereocenters. The van der Waals surface area contributed by atoms with E-state index in [4.69, 9.17) is 0 Å². The summed E-state index contributed by atoms with van der Waals surface area (Å²) in [7, 11) is 0. The SMILES string of the molecule is CC(C)CCCCCCCCCCC(CCCCC(C)C)C(=O)O. The summed E-state index contributed by atoms with van der Waals surface area (Å²) in [5.41, 5.74) is 0. The number of carbonyl (C=O) groups is 1. The van der Waals surface area contributed by atoms with E-state index in [9.17, 15) is 9.90 Å². The largest absolute Gasteiger partial charge is 0.481 e. The maximum Gasteiger partial charge on any atom is 0.306 e. The summed E-state index contributed by atoms with van der Waals surface area (Å²) in [6.45, 7) is 9.07. The standard InChI is InChI=1S/C22H44O2/c1-19(2)15-11-9-7-5-6-8-10-12-17-21(22(23)24)18-14-13-16-20(3)4/h19-21H,5-18H2,1-4H3,(H,23,24). The van der Waals surface area contributed by atoms with Gasteiger partial charge in [0, 0.05) is 0 Å². The zero-order chi connectivity index (χ0) is 18.2. The smallest absolute Gasteiger partial charge is 0.306 e. The highest BCUT2D eigenvalue weighted by Gasteiger charge is 2.16. The van der Waals surface area contributed by atoms with Gasteiger partial charge in [-0.05, 0) is 24.7 Å². The van der Waals surface area contributed by atoms with Gasteiger partial charge in [0.05, 0.1) is 5.92 Å². The molecule has 0 aliphatic rings. The Bertz CT molecular complexity index is 284. The molecule has 0 aliphatic heterocycles. The maximum absolute atomic E-state index is 11.3. The van der Waals surface area contributed by atoms with Crippen LogP contribution in [0.5, 0.6) is 0 Å². The van der Waals surface area contributed by atoms with Crippen molar-refractivity contribution in [3.8, 4) is 0 Å². The molecule has 0 saturated heterocycles. The third kappa shape index (κ3) is 16.3. The third-order valence-corrected chi connectivity index (χ3v) is 5.02. The minimum absolute atomic E-state index is 0.104. The first-order valence-corrected chi connectivity index (χ1v) is 10.7. The second-order valence-electron chi connectivity index (χ2n) is 8.51. The predicted molar refractivity (Wildman–Crippen MR) is 105 cm³/mol. The van der Waals surface area contributed by atoms with Gasteiger partial charge in [-0.25, -0.2) is 0 Å². The van der Waals surface area contributed by atoms with Crippen LogP contribution in [0, 0.1) is 17.8 Å². The number of hydrogen-bond donors (Lipinski definition) is 1. The fraction of sp³-hybridized carbons (Fsp3) is 0.955. The van der Waals surface area contributed by atoms with Gasteiger partial charge in [-0.3, -0.25) is 4.79 Å². The molecular formula is C22H44O2. The lowest BCUT2D eigenvalue weighted by Gasteiger charge is -2.12. The topological polar surface area (TPSA) is 37.3 Å². The van der Waals surface area contributed by atoms with E-state index in [1.54, 1.807) is 0 Å². The Morgan fingerprint density at radius 2 is 0.875 bits per heavy atom. The Labute approximate surface area is 151 Å². The van der Waals surface area contributed by atoms with Gasteiger partial charge in [0.25, 0.3) is 0 Å². The van der Waals surface area contributed by atoms with E-state index in [1.807, 2.05) is 0 Å². The van der Waals surface area contributed by atoms with Crippen LogP contribution in [0.3, 0.4) is 0 Å². The quantitative estimate of drug-likeness (QED) is 0.279. The van der Waals surface area contributed by atoms with Crippen molar-refractivity contribution in [2.45, 2.75) is 118 Å². The van der Waals surface area contributed by atoms with Crippen LogP contribution < -0.4 is 0 Å². The molecule has 2 heteroatoms. The Morgan fingerprint density at radius 1 is 0.583 bits per heavy atom. The van der Waals surface area contributed by atoms with Crippen LogP contribution in [0.15, 0.2) is 0 Å². The Balaban J connectivity index is 3.49. The maximum atomic E-state index is 11.3. The first kappa shape index (κ1) is 23.5. The fourth-order valence-corrected chi connectivity index (χ4v) is 3.34. The zero-order valence-corrected chi connectivity index (χ0v) is 17.0. The normalized spacial score (nSPS) is 12.9. The van der Waals surface area contributed by atoms with Crippen molar-refractivity contribution in [3.05, 3.63) is 0 Å². The second-order valence-corrected chi connectivity index (χ2v) is 8.51. The van der Waals surface area contributed by atoms with Crippen LogP contribution in [-0.2, 0) is 4.79 Å². The van der Waals surface area contributed by atoms with Crippen molar-refractivity contribution >= 4 is 5.97 Å². The average Bonchev–Trinajstić information content (AvgIpc) is 2.50. The van der Waals surface area contributed by atoms with Crippen molar-refractivity contribution in [2.75, 3.05) is 0 Å². The molecule has 0 fully saturated rings. The second kappa shape index (κ2) is 16.0. The first-order valence-electron chi connectivity index (χ1n) is 10.7. The molecular weight excluding hydrogens is 296 g/mol. The van der Waals surface area contributed by atoms with E-state index >= 15 is 0 Å². The Hall–Kier alpha value is -0.530. The first-order chi connectivity index (χ1) is 11.4. The fourth-order valence-electron chi connectivity index (χ4n) is 3.34. The van der Waals surface area contributed by atoms with Gasteiger partial charge in [0.1, 0.15) is 0 Å². The molecule has 0 saturated carbocycles. The van der Waals surface area contributed by atoms with Crippen molar-refractivity contribution in [1.82, 2.24) is 0 Å². The van der Waals surface area contributed by atoms with Gasteiger partial charge >= 0.3 is 5.97 Å². The highest BCUT2D eigenvalue weighted by Crippen LogP contribution is 2.20. The number of hydrogen-bond acceptors (Lipinski definition) is 1. The monoisotopic (exact) mass is 340 g/mol. The van der Waals surface area contributed by atoms with Gasteiger partial charge in [0.2, 0.25) is 0 Å². The Morgan fingerprint density at radius 3 is 1.25 bits per heavy atom. The van der Waals surface area contributed by atoms with Gasteiger partial charge in [-0.1, -0.05) is 105 Å². The number of rotatable bonds is 17. The minimum atomic E-state index is -0.579. The summed E-state index contributed by atoms with van der Waals surface area (Å²) in [5.74, 6) is 0.897. The molecule has 0 rings (SSSR count). The van der Waals surface area contributed by atoms with Crippen LogP contribution in [-0.4, -0.2) is 11.1 Å². The van der Waals surface area contributed by atoms with E-state index in [-0.39, 0.29) is 5.92 Å². The van der Waals surface area contributed by atoms with Crippen molar-refractivity contribution in [3.63, 3.8) is 0 Å². The molecule has 0 aromatic carbocycles. The molecule has 144 valence electrons. The van der Waals surface area contributed by atoms with Gasteiger partial charge in [-0.15, -0.1) is 0 Å². The minimum Gasteiger partial charge on any atom is -0.481 e. The summed E-state index contributed by atoms with van der Waals surface area (Å²) in [4.78, 5) is 11.3. The molecule has 2 nitrogen and oxygen atoms in total. The summed E-state index contributed by atoms with van der Waals surface area (Å²) >= 11 is 0. The van der Waals surface area contributed by atoms with Gasteiger partial charge in [0.15, 0.2) is 0 Å². The van der Waals surface area contributed by atoms with Crippen molar-refractivity contribution < 1.29 is 9.90 Å². The number of carboxylic acid groups (broad SMARTS) is 1. The molecule has 0 heterocycles. The van der Waals surface area contributed by atoms with E-state index in [0.717, 1.165) is 37.5 Å². The number of aliphatic carboxylic acids is 1. The van der Waals surface area contributed by atoms with Gasteiger partial charge in [-0.2, -0.15) is 0 Å². The average molecular weight is 341 g/mol. The molecule has 0 aliphatic carbocycles. The highest BCUT2D eigenvalue weighted by atomic mass is 16.4.